The van der Waals surface area contributed by atoms with Gasteiger partial charge in [0.25, 0.3) is 0 Å². The molecule has 0 atom stereocenters. The highest BCUT2D eigenvalue weighted by atomic mass is 32.1. The number of rotatable bonds is 6. The van der Waals surface area contributed by atoms with E-state index in [0.29, 0.717) is 0 Å². The van der Waals surface area contributed by atoms with Gasteiger partial charge in [0, 0.05) is 25.0 Å². The molecule has 1 heterocycles. The van der Waals surface area contributed by atoms with Gasteiger partial charge in [0.1, 0.15) is 0 Å². The van der Waals surface area contributed by atoms with Crippen molar-refractivity contribution in [1.29, 1.82) is 0 Å². The van der Waals surface area contributed by atoms with Crippen LogP contribution in [-0.2, 0) is 13.0 Å². The maximum Gasteiger partial charge on any atom is 0.185 e. The Balaban J connectivity index is 2.81. The third kappa shape index (κ3) is 3.18. The lowest BCUT2D eigenvalue weighted by Crippen LogP contribution is -2.17. The maximum absolute atomic E-state index is 4.67. The predicted molar refractivity (Wildman–Crippen MR) is 67.8 cm³/mol. The van der Waals surface area contributed by atoms with Crippen molar-refractivity contribution in [3.05, 3.63) is 10.6 Å². The van der Waals surface area contributed by atoms with Crippen LogP contribution < -0.4 is 10.2 Å². The van der Waals surface area contributed by atoms with Gasteiger partial charge in [-0.2, -0.15) is 0 Å². The molecule has 0 aliphatic heterocycles. The fourth-order valence-electron chi connectivity index (χ4n) is 1.54. The highest BCUT2D eigenvalue weighted by molar-refractivity contribution is 7.15. The summed E-state index contributed by atoms with van der Waals surface area (Å²) >= 11 is 1.81. The Bertz CT molecular complexity index is 296. The number of thiazole rings is 1. The normalized spacial score (nSPS) is 10.7. The van der Waals surface area contributed by atoms with Crippen molar-refractivity contribution in [2.75, 3.05) is 25.5 Å². The molecule has 1 rings (SSSR count). The maximum atomic E-state index is 4.67. The van der Waals surface area contributed by atoms with Crippen LogP contribution in [0.2, 0.25) is 0 Å². The molecule has 0 spiro atoms. The molecule has 0 bridgehead atoms. The number of hydrogen-bond donors (Lipinski definition) is 1. The summed E-state index contributed by atoms with van der Waals surface area (Å²) < 4.78 is 0. The van der Waals surface area contributed by atoms with Crippen LogP contribution in [0.3, 0.4) is 0 Å². The van der Waals surface area contributed by atoms with Crippen LogP contribution in [0.5, 0.6) is 0 Å². The largest absolute Gasteiger partial charge is 0.351 e. The molecular weight excluding hydrogens is 206 g/mol. The lowest BCUT2D eigenvalue weighted by Gasteiger charge is -2.13. The van der Waals surface area contributed by atoms with E-state index in [9.17, 15) is 0 Å². The van der Waals surface area contributed by atoms with Crippen molar-refractivity contribution in [2.24, 2.45) is 0 Å². The van der Waals surface area contributed by atoms with E-state index in [1.54, 1.807) is 0 Å². The fraction of sp³-hybridized carbons (Fsp3) is 0.727. The van der Waals surface area contributed by atoms with Gasteiger partial charge >= 0.3 is 0 Å². The topological polar surface area (TPSA) is 28.2 Å². The van der Waals surface area contributed by atoms with E-state index >= 15 is 0 Å². The second-order valence-electron chi connectivity index (χ2n) is 3.67. The number of hydrogen-bond acceptors (Lipinski definition) is 4. The van der Waals surface area contributed by atoms with Crippen molar-refractivity contribution in [1.82, 2.24) is 10.3 Å². The van der Waals surface area contributed by atoms with E-state index in [0.717, 1.165) is 24.6 Å². The second kappa shape index (κ2) is 6.08. The molecule has 86 valence electrons. The molecule has 0 saturated carbocycles. The molecule has 0 saturated heterocycles. The SMILES string of the molecule is CCCN(C)c1nc(CC)c(CNC)s1. The lowest BCUT2D eigenvalue weighted by atomic mass is 10.3. The summed E-state index contributed by atoms with van der Waals surface area (Å²) in [5.74, 6) is 0. The lowest BCUT2D eigenvalue weighted by molar-refractivity contribution is 0.811. The number of anilines is 1. The molecule has 1 aromatic rings. The van der Waals surface area contributed by atoms with Gasteiger partial charge in [-0.25, -0.2) is 4.98 Å². The van der Waals surface area contributed by atoms with Gasteiger partial charge in [0.05, 0.1) is 5.69 Å². The summed E-state index contributed by atoms with van der Waals surface area (Å²) in [6.07, 6.45) is 2.19. The van der Waals surface area contributed by atoms with Gasteiger partial charge in [0.2, 0.25) is 0 Å². The standard InChI is InChI=1S/C11H21N3S/c1-5-7-14(4)11-13-9(6-2)10(15-11)8-12-3/h12H,5-8H2,1-4H3. The molecular formula is C11H21N3S. The smallest absolute Gasteiger partial charge is 0.185 e. The van der Waals surface area contributed by atoms with Gasteiger partial charge in [-0.15, -0.1) is 11.3 Å². The zero-order valence-electron chi connectivity index (χ0n) is 10.1. The second-order valence-corrected chi connectivity index (χ2v) is 4.73. The van der Waals surface area contributed by atoms with Crippen molar-refractivity contribution in [3.63, 3.8) is 0 Å². The molecule has 0 aliphatic carbocycles. The molecule has 1 N–H and O–H groups in total. The van der Waals surface area contributed by atoms with Gasteiger partial charge in [-0.3, -0.25) is 0 Å². The van der Waals surface area contributed by atoms with Gasteiger partial charge < -0.3 is 10.2 Å². The minimum absolute atomic E-state index is 0.931. The molecule has 0 unspecified atom stereocenters. The Morgan fingerprint density at radius 2 is 2.13 bits per heavy atom. The average molecular weight is 227 g/mol. The summed E-state index contributed by atoms with van der Waals surface area (Å²) in [6, 6.07) is 0. The van der Waals surface area contributed by atoms with Crippen LogP contribution in [0, 0.1) is 0 Å². The molecule has 0 aromatic carbocycles. The summed E-state index contributed by atoms with van der Waals surface area (Å²) in [7, 11) is 4.10. The molecule has 4 heteroatoms. The highest BCUT2D eigenvalue weighted by Crippen LogP contribution is 2.26. The number of nitrogens with zero attached hydrogens (tertiary/aromatic N) is 2. The monoisotopic (exact) mass is 227 g/mol. The molecule has 0 aliphatic rings. The fourth-order valence-corrected chi connectivity index (χ4v) is 2.69. The Labute approximate surface area is 96.5 Å². The van der Waals surface area contributed by atoms with Crippen molar-refractivity contribution in [3.8, 4) is 0 Å². The summed E-state index contributed by atoms with van der Waals surface area (Å²) in [5, 5.41) is 4.35. The Kier molecular flexibility index (Phi) is 5.05. The molecule has 0 fully saturated rings. The van der Waals surface area contributed by atoms with E-state index in [1.807, 2.05) is 18.4 Å². The predicted octanol–water partition coefficient (Wildman–Crippen LogP) is 2.27. The molecule has 1 aromatic heterocycles. The first kappa shape index (κ1) is 12.5. The number of aromatic nitrogens is 1. The minimum atomic E-state index is 0.931. The third-order valence-corrected chi connectivity index (χ3v) is 3.54. The van der Waals surface area contributed by atoms with E-state index < -0.39 is 0 Å². The molecule has 15 heavy (non-hydrogen) atoms. The minimum Gasteiger partial charge on any atom is -0.351 e. The van der Waals surface area contributed by atoms with Crippen molar-refractivity contribution >= 4 is 16.5 Å². The van der Waals surface area contributed by atoms with Gasteiger partial charge in [-0.1, -0.05) is 13.8 Å². The van der Waals surface area contributed by atoms with Crippen LogP contribution in [0.1, 0.15) is 30.8 Å². The Morgan fingerprint density at radius 3 is 2.67 bits per heavy atom. The summed E-state index contributed by atoms with van der Waals surface area (Å²) in [6.45, 7) is 6.37. The first-order valence-corrected chi connectivity index (χ1v) is 6.38. The first-order valence-electron chi connectivity index (χ1n) is 5.57. The first-order chi connectivity index (χ1) is 7.22. The highest BCUT2D eigenvalue weighted by Gasteiger charge is 2.11. The van der Waals surface area contributed by atoms with Crippen molar-refractivity contribution < 1.29 is 0 Å². The van der Waals surface area contributed by atoms with Gasteiger partial charge in [0.15, 0.2) is 5.13 Å². The summed E-state index contributed by atoms with van der Waals surface area (Å²) in [5.41, 5.74) is 1.24. The molecule has 0 radical (unpaired) electrons. The average Bonchev–Trinajstić information content (AvgIpc) is 2.62. The zero-order chi connectivity index (χ0) is 11.3. The number of nitrogens with one attached hydrogen (secondary N) is 1. The zero-order valence-corrected chi connectivity index (χ0v) is 10.9. The van der Waals surface area contributed by atoms with E-state index in [2.05, 4.69) is 36.1 Å². The molecule has 3 nitrogen and oxygen atoms in total. The quantitative estimate of drug-likeness (QED) is 0.808. The van der Waals surface area contributed by atoms with Crippen LogP contribution in [0.4, 0.5) is 5.13 Å². The Hall–Kier alpha value is -0.610. The molecule has 0 amide bonds. The third-order valence-electron chi connectivity index (χ3n) is 2.32. The van der Waals surface area contributed by atoms with E-state index in [1.165, 1.54) is 17.0 Å². The van der Waals surface area contributed by atoms with E-state index in [-0.39, 0.29) is 0 Å². The Morgan fingerprint density at radius 1 is 1.40 bits per heavy atom. The van der Waals surface area contributed by atoms with Crippen molar-refractivity contribution in [2.45, 2.75) is 33.2 Å². The number of aryl methyl sites for hydroxylation is 1. The van der Waals surface area contributed by atoms with Crippen LogP contribution in [0.15, 0.2) is 0 Å². The van der Waals surface area contributed by atoms with Crippen LogP contribution in [-0.4, -0.2) is 25.6 Å². The summed E-state index contributed by atoms with van der Waals surface area (Å²) in [4.78, 5) is 8.28. The van der Waals surface area contributed by atoms with E-state index in [4.69, 9.17) is 0 Å². The van der Waals surface area contributed by atoms with Crippen LogP contribution in [0.25, 0.3) is 0 Å². The van der Waals surface area contributed by atoms with Gasteiger partial charge in [-0.05, 0) is 19.9 Å². The van der Waals surface area contributed by atoms with Crippen LogP contribution >= 0.6 is 11.3 Å².